The SMILES string of the molecule is CC/C=C\C/C=C\C/C=C\C/C=C\CCCCCCCCCOCC(COC(=O)CCCCCCC/C=C\C/C=C\CCCCC)OC(=O)CCCCCCCCC. The number of carbonyl (C=O) groups is 2. The lowest BCUT2D eigenvalue weighted by Crippen LogP contribution is -2.30. The van der Waals surface area contributed by atoms with Crippen molar-refractivity contribution in [2.24, 2.45) is 0 Å². The molecule has 1 atom stereocenters. The van der Waals surface area contributed by atoms with Crippen molar-refractivity contribution in [3.63, 3.8) is 0 Å². The minimum absolute atomic E-state index is 0.0722. The van der Waals surface area contributed by atoms with E-state index in [1.807, 2.05) is 0 Å². The summed E-state index contributed by atoms with van der Waals surface area (Å²) >= 11 is 0. The van der Waals surface area contributed by atoms with Gasteiger partial charge in [0.2, 0.25) is 0 Å². The molecule has 0 aliphatic heterocycles. The summed E-state index contributed by atoms with van der Waals surface area (Å²) in [5.41, 5.74) is 0. The van der Waals surface area contributed by atoms with E-state index in [1.54, 1.807) is 0 Å². The molecule has 0 aliphatic rings. The van der Waals surface area contributed by atoms with Crippen LogP contribution in [0.1, 0.15) is 226 Å². The third kappa shape index (κ3) is 46.0. The average Bonchev–Trinajstić information content (AvgIpc) is 3.22. The maximum absolute atomic E-state index is 12.7. The fourth-order valence-corrected chi connectivity index (χ4v) is 6.59. The first-order valence-corrected chi connectivity index (χ1v) is 24.5. The number of hydrogen-bond acceptors (Lipinski definition) is 5. The van der Waals surface area contributed by atoms with Gasteiger partial charge in [-0.05, 0) is 89.9 Å². The molecule has 0 saturated carbocycles. The maximum Gasteiger partial charge on any atom is 0.306 e. The van der Waals surface area contributed by atoms with Crippen LogP contribution in [0.5, 0.6) is 0 Å². The van der Waals surface area contributed by atoms with Gasteiger partial charge in [0.15, 0.2) is 6.10 Å². The lowest BCUT2D eigenvalue weighted by Gasteiger charge is -2.18. The van der Waals surface area contributed by atoms with E-state index in [-0.39, 0.29) is 25.2 Å². The Morgan fingerprint density at radius 1 is 0.397 bits per heavy atom. The highest BCUT2D eigenvalue weighted by molar-refractivity contribution is 5.70. The second kappa shape index (κ2) is 48.7. The van der Waals surface area contributed by atoms with Gasteiger partial charge in [-0.1, -0.05) is 196 Å². The van der Waals surface area contributed by atoms with Crippen molar-refractivity contribution in [2.45, 2.75) is 232 Å². The molecule has 5 heteroatoms. The Morgan fingerprint density at radius 3 is 1.28 bits per heavy atom. The molecule has 58 heavy (non-hydrogen) atoms. The molecule has 0 spiro atoms. The Morgan fingerprint density at radius 2 is 0.776 bits per heavy atom. The van der Waals surface area contributed by atoms with Crippen LogP contribution < -0.4 is 0 Å². The predicted molar refractivity (Wildman–Crippen MR) is 251 cm³/mol. The standard InChI is InChI=1S/C53H92O5/c1-4-7-10-13-16-18-20-22-24-25-26-27-28-30-32-34-36-39-42-45-48-56-49-51(58-53(55)47-44-41-37-15-12-9-6-3)50-57-52(54)46-43-40-38-35-33-31-29-23-21-19-17-14-11-8-5-2/h7,10,16-19,22-24,26-27,29,51H,4-6,8-9,11-15,20-21,25,28,30-50H2,1-3H3/b10-7-,18-16-,19-17-,24-22-,27-26-,29-23-. The molecule has 0 aromatic carbocycles. The first-order chi connectivity index (χ1) is 28.6. The van der Waals surface area contributed by atoms with E-state index in [4.69, 9.17) is 14.2 Å². The summed E-state index contributed by atoms with van der Waals surface area (Å²) in [7, 11) is 0. The van der Waals surface area contributed by atoms with Gasteiger partial charge in [-0.15, -0.1) is 0 Å². The molecule has 1 unspecified atom stereocenters. The van der Waals surface area contributed by atoms with Crippen molar-refractivity contribution in [1.29, 1.82) is 0 Å². The van der Waals surface area contributed by atoms with Crippen LogP contribution in [0.2, 0.25) is 0 Å². The number of allylic oxidation sites excluding steroid dienone is 12. The minimum atomic E-state index is -0.546. The zero-order valence-corrected chi connectivity index (χ0v) is 38.3. The molecule has 0 fully saturated rings. The molecule has 0 aromatic rings. The minimum Gasteiger partial charge on any atom is -0.462 e. The second-order valence-corrected chi connectivity index (χ2v) is 16.0. The molecule has 5 nitrogen and oxygen atoms in total. The van der Waals surface area contributed by atoms with E-state index in [1.165, 1.54) is 103 Å². The van der Waals surface area contributed by atoms with Gasteiger partial charge in [0, 0.05) is 19.4 Å². The van der Waals surface area contributed by atoms with Gasteiger partial charge in [-0.2, -0.15) is 0 Å². The van der Waals surface area contributed by atoms with E-state index in [2.05, 4.69) is 93.7 Å². The monoisotopic (exact) mass is 809 g/mol. The van der Waals surface area contributed by atoms with Crippen molar-refractivity contribution in [2.75, 3.05) is 19.8 Å². The second-order valence-electron chi connectivity index (χ2n) is 16.0. The maximum atomic E-state index is 12.7. The van der Waals surface area contributed by atoms with E-state index in [0.29, 0.717) is 19.4 Å². The Balaban J connectivity index is 4.17. The third-order valence-electron chi connectivity index (χ3n) is 10.2. The van der Waals surface area contributed by atoms with Crippen molar-refractivity contribution in [3.05, 3.63) is 72.9 Å². The van der Waals surface area contributed by atoms with E-state index in [0.717, 1.165) is 89.9 Å². The topological polar surface area (TPSA) is 61.8 Å². The number of ether oxygens (including phenoxy) is 3. The first-order valence-electron chi connectivity index (χ1n) is 24.5. The van der Waals surface area contributed by atoms with E-state index in [9.17, 15) is 9.59 Å². The highest BCUT2D eigenvalue weighted by Crippen LogP contribution is 2.13. The summed E-state index contributed by atoms with van der Waals surface area (Å²) in [6.45, 7) is 7.62. The summed E-state index contributed by atoms with van der Waals surface area (Å²) in [4.78, 5) is 25.2. The summed E-state index contributed by atoms with van der Waals surface area (Å²) in [6, 6.07) is 0. The number of rotatable bonds is 44. The summed E-state index contributed by atoms with van der Waals surface area (Å²) < 4.78 is 17.3. The smallest absolute Gasteiger partial charge is 0.306 e. The Hall–Kier alpha value is -2.66. The number of esters is 2. The average molecular weight is 809 g/mol. The Labute approximate surface area is 359 Å². The van der Waals surface area contributed by atoms with E-state index < -0.39 is 6.10 Å². The van der Waals surface area contributed by atoms with Crippen LogP contribution in [0.3, 0.4) is 0 Å². The molecular weight excluding hydrogens is 717 g/mol. The normalized spacial score (nSPS) is 12.8. The molecule has 0 rings (SSSR count). The summed E-state index contributed by atoms with van der Waals surface area (Å²) in [5, 5.41) is 0. The van der Waals surface area contributed by atoms with E-state index >= 15 is 0 Å². The van der Waals surface area contributed by atoms with Gasteiger partial charge in [0.1, 0.15) is 6.61 Å². The Kier molecular flexibility index (Phi) is 46.5. The van der Waals surface area contributed by atoms with Crippen LogP contribution >= 0.6 is 0 Å². The molecule has 0 bridgehead atoms. The predicted octanol–water partition coefficient (Wildman–Crippen LogP) is 16.3. The fourth-order valence-electron chi connectivity index (χ4n) is 6.59. The quantitative estimate of drug-likeness (QED) is 0.0348. The van der Waals surface area contributed by atoms with Crippen molar-refractivity contribution in [1.82, 2.24) is 0 Å². The molecule has 0 radical (unpaired) electrons. The molecule has 0 aromatic heterocycles. The van der Waals surface area contributed by atoms with Gasteiger partial charge in [0.25, 0.3) is 0 Å². The van der Waals surface area contributed by atoms with Gasteiger partial charge in [0.05, 0.1) is 6.61 Å². The molecule has 0 amide bonds. The lowest BCUT2D eigenvalue weighted by molar-refractivity contribution is -0.163. The van der Waals surface area contributed by atoms with Gasteiger partial charge < -0.3 is 14.2 Å². The van der Waals surface area contributed by atoms with Crippen molar-refractivity contribution < 1.29 is 23.8 Å². The zero-order valence-electron chi connectivity index (χ0n) is 38.3. The number of hydrogen-bond donors (Lipinski definition) is 0. The fraction of sp³-hybridized carbons (Fsp3) is 0.736. The summed E-state index contributed by atoms with van der Waals surface area (Å²) in [6.07, 6.45) is 62.0. The molecule has 0 heterocycles. The molecule has 0 aliphatic carbocycles. The van der Waals surface area contributed by atoms with Crippen LogP contribution in [-0.2, 0) is 23.8 Å². The number of carbonyl (C=O) groups excluding carboxylic acids is 2. The van der Waals surface area contributed by atoms with Crippen LogP contribution in [0.15, 0.2) is 72.9 Å². The molecule has 0 N–H and O–H groups in total. The van der Waals surface area contributed by atoms with Gasteiger partial charge in [-0.25, -0.2) is 0 Å². The van der Waals surface area contributed by atoms with Crippen LogP contribution in [-0.4, -0.2) is 37.9 Å². The van der Waals surface area contributed by atoms with Gasteiger partial charge in [-0.3, -0.25) is 9.59 Å². The molecule has 334 valence electrons. The molecular formula is C53H92O5. The van der Waals surface area contributed by atoms with Crippen molar-refractivity contribution >= 4 is 11.9 Å². The van der Waals surface area contributed by atoms with Crippen LogP contribution in [0, 0.1) is 0 Å². The zero-order chi connectivity index (χ0) is 42.1. The lowest BCUT2D eigenvalue weighted by atomic mass is 10.1. The third-order valence-corrected chi connectivity index (χ3v) is 10.2. The highest BCUT2D eigenvalue weighted by Gasteiger charge is 2.17. The number of unbranched alkanes of at least 4 members (excludes halogenated alkanes) is 21. The first kappa shape index (κ1) is 55.3. The van der Waals surface area contributed by atoms with Crippen molar-refractivity contribution in [3.8, 4) is 0 Å². The van der Waals surface area contributed by atoms with Gasteiger partial charge >= 0.3 is 11.9 Å². The Bertz CT molecular complexity index is 1050. The highest BCUT2D eigenvalue weighted by atomic mass is 16.6. The largest absolute Gasteiger partial charge is 0.462 e. The molecule has 0 saturated heterocycles. The van der Waals surface area contributed by atoms with Crippen LogP contribution in [0.25, 0.3) is 0 Å². The summed E-state index contributed by atoms with van der Waals surface area (Å²) in [5.74, 6) is -0.425. The van der Waals surface area contributed by atoms with Crippen LogP contribution in [0.4, 0.5) is 0 Å².